The number of hydrogen-bond donors (Lipinski definition) is 1. The highest BCUT2D eigenvalue weighted by molar-refractivity contribution is 4.90. The third-order valence-electron chi connectivity index (χ3n) is 3.06. The predicted octanol–water partition coefficient (Wildman–Crippen LogP) is 1.43. The van der Waals surface area contributed by atoms with Crippen molar-refractivity contribution < 1.29 is 9.84 Å². The summed E-state index contributed by atoms with van der Waals surface area (Å²) in [5, 5.41) is 9.59. The van der Waals surface area contributed by atoms with Crippen LogP contribution in [-0.4, -0.2) is 24.4 Å². The van der Waals surface area contributed by atoms with Gasteiger partial charge in [-0.1, -0.05) is 13.8 Å². The lowest BCUT2D eigenvalue weighted by Crippen LogP contribution is -2.38. The average molecular weight is 158 g/mol. The fourth-order valence-electron chi connectivity index (χ4n) is 1.86. The maximum absolute atomic E-state index is 9.59. The average Bonchev–Trinajstić information content (AvgIpc) is 2.34. The van der Waals surface area contributed by atoms with Crippen LogP contribution in [0.4, 0.5) is 0 Å². The van der Waals surface area contributed by atoms with E-state index in [9.17, 15) is 5.11 Å². The van der Waals surface area contributed by atoms with Crippen LogP contribution in [0.3, 0.4) is 0 Å². The molecule has 1 aliphatic rings. The summed E-state index contributed by atoms with van der Waals surface area (Å²) in [7, 11) is 0. The molecule has 1 N–H and O–H groups in total. The van der Waals surface area contributed by atoms with E-state index in [4.69, 9.17) is 4.74 Å². The maximum atomic E-state index is 9.59. The second-order valence-electron chi connectivity index (χ2n) is 3.87. The predicted molar refractivity (Wildman–Crippen MR) is 44.4 cm³/mol. The molecule has 0 aromatic heterocycles. The Morgan fingerprint density at radius 2 is 2.00 bits per heavy atom. The standard InChI is InChI=1S/C9H18O2/c1-7(2)9(8(3)10)4-5-11-6-9/h7-8,10H,4-6H2,1-3H3/t8-,9-/m0/s1. The molecule has 1 aliphatic heterocycles. The SMILES string of the molecule is CC(C)[C@]1([C@H](C)O)CCOC1. The molecule has 0 aliphatic carbocycles. The summed E-state index contributed by atoms with van der Waals surface area (Å²) in [4.78, 5) is 0. The quantitative estimate of drug-likeness (QED) is 0.658. The molecule has 1 fully saturated rings. The first-order chi connectivity index (χ1) is 5.09. The minimum Gasteiger partial charge on any atom is -0.393 e. The van der Waals surface area contributed by atoms with Gasteiger partial charge in [-0.3, -0.25) is 0 Å². The molecule has 0 amide bonds. The van der Waals surface area contributed by atoms with E-state index in [0.717, 1.165) is 19.6 Å². The van der Waals surface area contributed by atoms with Crippen molar-refractivity contribution in [3.8, 4) is 0 Å². The summed E-state index contributed by atoms with van der Waals surface area (Å²) in [6.07, 6.45) is 0.757. The number of hydrogen-bond acceptors (Lipinski definition) is 2. The van der Waals surface area contributed by atoms with Gasteiger partial charge in [0.2, 0.25) is 0 Å². The van der Waals surface area contributed by atoms with Gasteiger partial charge in [-0.25, -0.2) is 0 Å². The molecule has 2 heteroatoms. The zero-order valence-corrected chi connectivity index (χ0v) is 7.63. The molecule has 0 bridgehead atoms. The van der Waals surface area contributed by atoms with Gasteiger partial charge in [0.15, 0.2) is 0 Å². The van der Waals surface area contributed by atoms with Crippen molar-refractivity contribution in [1.82, 2.24) is 0 Å². The van der Waals surface area contributed by atoms with E-state index in [0.29, 0.717) is 5.92 Å². The summed E-state index contributed by atoms with van der Waals surface area (Å²) < 4.78 is 5.32. The fourth-order valence-corrected chi connectivity index (χ4v) is 1.86. The summed E-state index contributed by atoms with van der Waals surface area (Å²) in [5.74, 6) is 0.505. The van der Waals surface area contributed by atoms with Gasteiger partial charge in [-0.05, 0) is 19.3 Å². The van der Waals surface area contributed by atoms with Crippen LogP contribution in [0.1, 0.15) is 27.2 Å². The van der Waals surface area contributed by atoms with Gasteiger partial charge >= 0.3 is 0 Å². The summed E-state index contributed by atoms with van der Waals surface area (Å²) in [6.45, 7) is 7.71. The minimum absolute atomic E-state index is 0.0278. The molecule has 2 nitrogen and oxygen atoms in total. The minimum atomic E-state index is -0.245. The van der Waals surface area contributed by atoms with Crippen molar-refractivity contribution in [3.05, 3.63) is 0 Å². The molecule has 0 saturated carbocycles. The van der Waals surface area contributed by atoms with E-state index < -0.39 is 0 Å². The zero-order valence-electron chi connectivity index (χ0n) is 7.63. The van der Waals surface area contributed by atoms with Crippen molar-refractivity contribution in [2.75, 3.05) is 13.2 Å². The third-order valence-corrected chi connectivity index (χ3v) is 3.06. The normalized spacial score (nSPS) is 34.6. The molecule has 1 saturated heterocycles. The van der Waals surface area contributed by atoms with Gasteiger partial charge in [0.1, 0.15) is 0 Å². The highest BCUT2D eigenvalue weighted by atomic mass is 16.5. The Labute approximate surface area is 68.6 Å². The molecule has 1 rings (SSSR count). The Balaban J connectivity index is 2.70. The Morgan fingerprint density at radius 1 is 1.36 bits per heavy atom. The Bertz CT molecular complexity index is 114. The van der Waals surface area contributed by atoms with Crippen LogP contribution < -0.4 is 0 Å². The third kappa shape index (κ3) is 1.42. The molecule has 0 aromatic carbocycles. The topological polar surface area (TPSA) is 29.5 Å². The largest absolute Gasteiger partial charge is 0.393 e. The Hall–Kier alpha value is -0.0800. The van der Waals surface area contributed by atoms with Crippen molar-refractivity contribution in [1.29, 1.82) is 0 Å². The lowest BCUT2D eigenvalue weighted by molar-refractivity contribution is -0.00562. The van der Waals surface area contributed by atoms with Gasteiger partial charge in [0.25, 0.3) is 0 Å². The Morgan fingerprint density at radius 3 is 2.18 bits per heavy atom. The Kier molecular flexibility index (Phi) is 2.55. The van der Waals surface area contributed by atoms with Crippen LogP contribution in [0.5, 0.6) is 0 Å². The van der Waals surface area contributed by atoms with E-state index in [1.165, 1.54) is 0 Å². The van der Waals surface area contributed by atoms with E-state index in [1.54, 1.807) is 0 Å². The molecule has 2 atom stereocenters. The van der Waals surface area contributed by atoms with Crippen molar-refractivity contribution in [2.24, 2.45) is 11.3 Å². The monoisotopic (exact) mass is 158 g/mol. The van der Waals surface area contributed by atoms with E-state index >= 15 is 0 Å². The summed E-state index contributed by atoms with van der Waals surface area (Å²) in [5.41, 5.74) is 0.0278. The van der Waals surface area contributed by atoms with Gasteiger partial charge in [-0.15, -0.1) is 0 Å². The number of ether oxygens (including phenoxy) is 1. The van der Waals surface area contributed by atoms with Crippen LogP contribution in [0.25, 0.3) is 0 Å². The van der Waals surface area contributed by atoms with Crippen LogP contribution in [0, 0.1) is 11.3 Å². The first-order valence-electron chi connectivity index (χ1n) is 4.35. The molecule has 66 valence electrons. The second kappa shape index (κ2) is 3.11. The molecular formula is C9H18O2. The van der Waals surface area contributed by atoms with Gasteiger partial charge in [-0.2, -0.15) is 0 Å². The van der Waals surface area contributed by atoms with Gasteiger partial charge in [0, 0.05) is 12.0 Å². The highest BCUT2D eigenvalue weighted by Gasteiger charge is 2.41. The summed E-state index contributed by atoms with van der Waals surface area (Å²) >= 11 is 0. The van der Waals surface area contributed by atoms with E-state index in [2.05, 4.69) is 13.8 Å². The number of rotatable bonds is 2. The molecule has 11 heavy (non-hydrogen) atoms. The van der Waals surface area contributed by atoms with Crippen LogP contribution in [0.2, 0.25) is 0 Å². The second-order valence-corrected chi connectivity index (χ2v) is 3.87. The lowest BCUT2D eigenvalue weighted by atomic mass is 9.73. The first kappa shape index (κ1) is 9.01. The number of aliphatic hydroxyl groups is 1. The van der Waals surface area contributed by atoms with E-state index in [1.807, 2.05) is 6.92 Å². The molecule has 0 aromatic rings. The molecule has 0 unspecified atom stereocenters. The maximum Gasteiger partial charge on any atom is 0.0593 e. The van der Waals surface area contributed by atoms with Crippen LogP contribution in [-0.2, 0) is 4.74 Å². The zero-order chi connectivity index (χ0) is 8.48. The molecule has 0 spiro atoms. The molecular weight excluding hydrogens is 140 g/mol. The lowest BCUT2D eigenvalue weighted by Gasteiger charge is -2.34. The smallest absolute Gasteiger partial charge is 0.0593 e. The summed E-state index contributed by atoms with van der Waals surface area (Å²) in [6, 6.07) is 0. The number of aliphatic hydroxyl groups excluding tert-OH is 1. The van der Waals surface area contributed by atoms with Crippen LogP contribution >= 0.6 is 0 Å². The van der Waals surface area contributed by atoms with Crippen molar-refractivity contribution in [2.45, 2.75) is 33.3 Å². The van der Waals surface area contributed by atoms with Gasteiger partial charge in [0.05, 0.1) is 12.7 Å². The molecule has 0 radical (unpaired) electrons. The van der Waals surface area contributed by atoms with Crippen molar-refractivity contribution in [3.63, 3.8) is 0 Å². The highest BCUT2D eigenvalue weighted by Crippen LogP contribution is 2.39. The van der Waals surface area contributed by atoms with Crippen LogP contribution in [0.15, 0.2) is 0 Å². The molecule has 1 heterocycles. The van der Waals surface area contributed by atoms with Gasteiger partial charge < -0.3 is 9.84 Å². The first-order valence-corrected chi connectivity index (χ1v) is 4.35. The fraction of sp³-hybridized carbons (Fsp3) is 1.00. The van der Waals surface area contributed by atoms with E-state index in [-0.39, 0.29) is 11.5 Å². The van der Waals surface area contributed by atoms with Crippen molar-refractivity contribution >= 4 is 0 Å².